The minimum Gasteiger partial charge on any atom is -0.497 e. The maximum absolute atomic E-state index is 12.1. The Hall–Kier alpha value is -2.14. The van der Waals surface area contributed by atoms with Crippen LogP contribution in [0, 0.1) is 5.92 Å². The van der Waals surface area contributed by atoms with E-state index in [0.29, 0.717) is 13.2 Å². The molecule has 0 radical (unpaired) electrons. The lowest BCUT2D eigenvalue weighted by molar-refractivity contribution is -0.123. The molecule has 0 fully saturated rings. The van der Waals surface area contributed by atoms with E-state index in [4.69, 9.17) is 9.47 Å². The molecule has 0 aliphatic carbocycles. The Balaban J connectivity index is 1.63. The van der Waals surface area contributed by atoms with Crippen molar-refractivity contribution in [1.82, 2.24) is 5.32 Å². The number of rotatable bonds is 9. The van der Waals surface area contributed by atoms with E-state index in [1.54, 1.807) is 18.9 Å². The predicted molar refractivity (Wildman–Crippen MR) is 97.8 cm³/mol. The number of hydrogen-bond donors (Lipinski definition) is 1. The number of carbonyl (C=O) groups is 1. The van der Waals surface area contributed by atoms with E-state index in [1.165, 1.54) is 4.90 Å². The van der Waals surface area contributed by atoms with Crippen molar-refractivity contribution in [3.63, 3.8) is 0 Å². The lowest BCUT2D eigenvalue weighted by Crippen LogP contribution is -2.33. The van der Waals surface area contributed by atoms with Crippen molar-refractivity contribution >= 4 is 17.7 Å². The van der Waals surface area contributed by atoms with Crippen LogP contribution in [0.25, 0.3) is 0 Å². The van der Waals surface area contributed by atoms with E-state index in [2.05, 4.69) is 17.4 Å². The highest BCUT2D eigenvalue weighted by atomic mass is 32.2. The van der Waals surface area contributed by atoms with E-state index in [0.717, 1.165) is 17.3 Å². The number of thioether (sulfide) groups is 1. The van der Waals surface area contributed by atoms with Crippen LogP contribution in [0.2, 0.25) is 0 Å². The second kappa shape index (κ2) is 9.88. The fraction of sp³-hybridized carbons (Fsp3) is 0.316. The first kappa shape index (κ1) is 18.2. The van der Waals surface area contributed by atoms with Gasteiger partial charge >= 0.3 is 0 Å². The first-order valence-corrected chi connectivity index (χ1v) is 8.90. The molecule has 2 aromatic carbocycles. The van der Waals surface area contributed by atoms with Crippen LogP contribution in [-0.4, -0.2) is 31.9 Å². The Bertz CT molecular complexity index is 616. The molecule has 0 saturated carbocycles. The minimum atomic E-state index is -0.0452. The van der Waals surface area contributed by atoms with Crippen molar-refractivity contribution in [2.75, 3.05) is 26.0 Å². The van der Waals surface area contributed by atoms with Gasteiger partial charge in [0.2, 0.25) is 5.91 Å². The van der Waals surface area contributed by atoms with Gasteiger partial charge in [-0.15, -0.1) is 11.8 Å². The van der Waals surface area contributed by atoms with E-state index >= 15 is 0 Å². The van der Waals surface area contributed by atoms with Crippen LogP contribution >= 0.6 is 11.8 Å². The first-order valence-electron chi connectivity index (χ1n) is 7.91. The van der Waals surface area contributed by atoms with Crippen LogP contribution in [0.15, 0.2) is 59.5 Å². The fourth-order valence-electron chi connectivity index (χ4n) is 2.00. The average Bonchev–Trinajstić information content (AvgIpc) is 2.64. The van der Waals surface area contributed by atoms with Crippen molar-refractivity contribution in [1.29, 1.82) is 0 Å². The first-order chi connectivity index (χ1) is 11.7. The summed E-state index contributed by atoms with van der Waals surface area (Å²) in [6.45, 7) is 2.87. The molecule has 1 N–H and O–H groups in total. The van der Waals surface area contributed by atoms with Crippen LogP contribution in [0.5, 0.6) is 11.5 Å². The lowest BCUT2D eigenvalue weighted by atomic mass is 10.2. The maximum Gasteiger partial charge on any atom is 0.223 e. The molecule has 2 rings (SSSR count). The molecule has 4 nitrogen and oxygen atoms in total. The van der Waals surface area contributed by atoms with Crippen molar-refractivity contribution in [2.24, 2.45) is 5.92 Å². The summed E-state index contributed by atoms with van der Waals surface area (Å²) in [5, 5.41) is 2.91. The highest BCUT2D eigenvalue weighted by molar-refractivity contribution is 7.99. The lowest BCUT2D eigenvalue weighted by Gasteiger charge is -2.12. The molecule has 1 atom stereocenters. The molecule has 0 saturated heterocycles. The van der Waals surface area contributed by atoms with Crippen molar-refractivity contribution in [3.05, 3.63) is 54.6 Å². The van der Waals surface area contributed by atoms with Crippen LogP contribution in [0.3, 0.4) is 0 Å². The summed E-state index contributed by atoms with van der Waals surface area (Å²) in [7, 11) is 1.63. The Morgan fingerprint density at radius 3 is 2.42 bits per heavy atom. The number of amides is 1. The summed E-state index contributed by atoms with van der Waals surface area (Å²) in [4.78, 5) is 13.2. The van der Waals surface area contributed by atoms with Crippen molar-refractivity contribution in [3.8, 4) is 11.5 Å². The number of carbonyl (C=O) groups excluding carboxylic acids is 1. The highest BCUT2D eigenvalue weighted by Crippen LogP contribution is 2.20. The number of ether oxygens (including phenoxy) is 2. The molecule has 0 aliphatic rings. The van der Waals surface area contributed by atoms with Gasteiger partial charge in [-0.25, -0.2) is 0 Å². The minimum absolute atomic E-state index is 0.0452. The zero-order valence-electron chi connectivity index (χ0n) is 14.0. The number of nitrogens with one attached hydrogen (secondary N) is 1. The number of hydrogen-bond acceptors (Lipinski definition) is 4. The molecule has 1 unspecified atom stereocenters. The molecule has 5 heteroatoms. The van der Waals surface area contributed by atoms with E-state index in [-0.39, 0.29) is 11.8 Å². The molecule has 128 valence electrons. The van der Waals surface area contributed by atoms with Crippen molar-refractivity contribution < 1.29 is 14.3 Å². The molecular formula is C19H23NO3S. The fourth-order valence-corrected chi connectivity index (χ4v) is 2.95. The molecule has 24 heavy (non-hydrogen) atoms. The Labute approximate surface area is 147 Å². The van der Waals surface area contributed by atoms with Gasteiger partial charge in [-0.1, -0.05) is 25.1 Å². The zero-order chi connectivity index (χ0) is 17.2. The normalized spacial score (nSPS) is 11.6. The summed E-state index contributed by atoms with van der Waals surface area (Å²) >= 11 is 1.69. The SMILES string of the molecule is COc1ccc(OCCNC(=O)C(C)CSc2ccccc2)cc1. The second-order valence-corrected chi connectivity index (χ2v) is 6.43. The quantitative estimate of drug-likeness (QED) is 0.557. The maximum atomic E-state index is 12.1. The summed E-state index contributed by atoms with van der Waals surface area (Å²) in [6, 6.07) is 17.5. The second-order valence-electron chi connectivity index (χ2n) is 5.34. The largest absolute Gasteiger partial charge is 0.497 e. The summed E-state index contributed by atoms with van der Waals surface area (Å²) in [5.41, 5.74) is 0. The third-order valence-electron chi connectivity index (χ3n) is 3.42. The topological polar surface area (TPSA) is 47.6 Å². The molecule has 0 spiro atoms. The van der Waals surface area contributed by atoms with Gasteiger partial charge in [0.1, 0.15) is 18.1 Å². The van der Waals surface area contributed by atoms with Gasteiger partial charge in [0, 0.05) is 16.6 Å². The van der Waals surface area contributed by atoms with Gasteiger partial charge in [-0.3, -0.25) is 4.79 Å². The molecule has 1 amide bonds. The Morgan fingerprint density at radius 1 is 1.08 bits per heavy atom. The van der Waals surface area contributed by atoms with Gasteiger partial charge < -0.3 is 14.8 Å². The molecule has 0 aromatic heterocycles. The van der Waals surface area contributed by atoms with Crippen LogP contribution in [0.1, 0.15) is 6.92 Å². The molecule has 0 aliphatic heterocycles. The summed E-state index contributed by atoms with van der Waals surface area (Å²) in [5.74, 6) is 2.32. The van der Waals surface area contributed by atoms with Gasteiger partial charge in [0.15, 0.2) is 0 Å². The molecular weight excluding hydrogens is 322 g/mol. The Morgan fingerprint density at radius 2 is 1.75 bits per heavy atom. The average molecular weight is 345 g/mol. The number of methoxy groups -OCH3 is 1. The van der Waals surface area contributed by atoms with Crippen LogP contribution < -0.4 is 14.8 Å². The third-order valence-corrected chi connectivity index (χ3v) is 4.69. The van der Waals surface area contributed by atoms with Gasteiger partial charge in [0.05, 0.1) is 13.7 Å². The van der Waals surface area contributed by atoms with Crippen LogP contribution in [0.4, 0.5) is 0 Å². The molecule has 0 bridgehead atoms. The summed E-state index contributed by atoms with van der Waals surface area (Å²) in [6.07, 6.45) is 0. The third kappa shape index (κ3) is 6.16. The zero-order valence-corrected chi connectivity index (χ0v) is 14.8. The smallest absolute Gasteiger partial charge is 0.223 e. The summed E-state index contributed by atoms with van der Waals surface area (Å²) < 4.78 is 10.7. The van der Waals surface area contributed by atoms with Crippen molar-refractivity contribution in [2.45, 2.75) is 11.8 Å². The Kier molecular flexibility index (Phi) is 7.49. The highest BCUT2D eigenvalue weighted by Gasteiger charge is 2.12. The molecule has 0 heterocycles. The van der Waals surface area contributed by atoms with E-state index in [1.807, 2.05) is 49.4 Å². The van der Waals surface area contributed by atoms with E-state index in [9.17, 15) is 4.79 Å². The monoisotopic (exact) mass is 345 g/mol. The van der Waals surface area contributed by atoms with Gasteiger partial charge in [-0.2, -0.15) is 0 Å². The van der Waals surface area contributed by atoms with Crippen LogP contribution in [-0.2, 0) is 4.79 Å². The molecule has 2 aromatic rings. The van der Waals surface area contributed by atoms with Gasteiger partial charge in [-0.05, 0) is 36.4 Å². The predicted octanol–water partition coefficient (Wildman–Crippen LogP) is 3.62. The number of benzene rings is 2. The standard InChI is InChI=1S/C19H23NO3S/c1-15(14-24-18-6-4-3-5-7-18)19(21)20-12-13-23-17-10-8-16(22-2)9-11-17/h3-11,15H,12-14H2,1-2H3,(H,20,21). The van der Waals surface area contributed by atoms with Gasteiger partial charge in [0.25, 0.3) is 0 Å². The van der Waals surface area contributed by atoms with E-state index < -0.39 is 0 Å².